The molecular formula is C17H17NO3. The summed E-state index contributed by atoms with van der Waals surface area (Å²) >= 11 is 0. The Morgan fingerprint density at radius 2 is 1.71 bits per heavy atom. The van der Waals surface area contributed by atoms with Crippen LogP contribution in [0.2, 0.25) is 0 Å². The highest BCUT2D eigenvalue weighted by molar-refractivity contribution is 6.09. The van der Waals surface area contributed by atoms with Gasteiger partial charge < -0.3 is 0 Å². The first-order valence-corrected chi connectivity index (χ1v) is 6.98. The van der Waals surface area contributed by atoms with Gasteiger partial charge in [0.1, 0.15) is 0 Å². The summed E-state index contributed by atoms with van der Waals surface area (Å²) in [6, 6.07) is 12.0. The van der Waals surface area contributed by atoms with Crippen LogP contribution in [-0.4, -0.2) is 10.7 Å². The van der Waals surface area contributed by atoms with Crippen LogP contribution in [-0.2, 0) is 12.8 Å². The number of ketones is 1. The second-order valence-electron chi connectivity index (χ2n) is 4.79. The number of benzene rings is 2. The second-order valence-corrected chi connectivity index (χ2v) is 4.79. The third-order valence-corrected chi connectivity index (χ3v) is 3.55. The topological polar surface area (TPSA) is 60.2 Å². The number of rotatable bonds is 5. The highest BCUT2D eigenvalue weighted by atomic mass is 16.6. The quantitative estimate of drug-likeness (QED) is 0.474. The molecule has 2 aromatic carbocycles. The fourth-order valence-corrected chi connectivity index (χ4v) is 2.49. The van der Waals surface area contributed by atoms with E-state index in [1.165, 1.54) is 6.07 Å². The van der Waals surface area contributed by atoms with Gasteiger partial charge in [-0.2, -0.15) is 0 Å². The van der Waals surface area contributed by atoms with E-state index in [0.29, 0.717) is 29.5 Å². The van der Waals surface area contributed by atoms with E-state index in [1.54, 1.807) is 30.3 Å². The molecule has 4 nitrogen and oxygen atoms in total. The molecule has 0 saturated carbocycles. The molecule has 0 unspecified atom stereocenters. The number of carbonyl (C=O) groups excluding carboxylic acids is 1. The molecule has 108 valence electrons. The van der Waals surface area contributed by atoms with Gasteiger partial charge >= 0.3 is 0 Å². The molecule has 2 aromatic rings. The molecule has 0 amide bonds. The lowest BCUT2D eigenvalue weighted by Crippen LogP contribution is -2.06. The van der Waals surface area contributed by atoms with Gasteiger partial charge in [-0.3, -0.25) is 14.9 Å². The van der Waals surface area contributed by atoms with Gasteiger partial charge in [0.25, 0.3) is 5.69 Å². The molecule has 0 atom stereocenters. The van der Waals surface area contributed by atoms with Crippen LogP contribution in [0.3, 0.4) is 0 Å². The van der Waals surface area contributed by atoms with Crippen LogP contribution in [0.25, 0.3) is 0 Å². The number of carbonyl (C=O) groups is 1. The molecule has 0 spiro atoms. The lowest BCUT2D eigenvalue weighted by molar-refractivity contribution is -0.385. The van der Waals surface area contributed by atoms with Gasteiger partial charge in [-0.25, -0.2) is 0 Å². The fourth-order valence-electron chi connectivity index (χ4n) is 2.49. The lowest BCUT2D eigenvalue weighted by atomic mass is 9.94. The highest BCUT2D eigenvalue weighted by Gasteiger charge is 2.20. The van der Waals surface area contributed by atoms with Gasteiger partial charge in [-0.15, -0.1) is 0 Å². The molecule has 0 aliphatic carbocycles. The van der Waals surface area contributed by atoms with Crippen molar-refractivity contribution in [3.63, 3.8) is 0 Å². The van der Waals surface area contributed by atoms with E-state index >= 15 is 0 Å². The van der Waals surface area contributed by atoms with Crippen molar-refractivity contribution < 1.29 is 9.72 Å². The summed E-state index contributed by atoms with van der Waals surface area (Å²) in [4.78, 5) is 23.3. The minimum Gasteiger partial charge on any atom is -0.289 e. The van der Waals surface area contributed by atoms with E-state index in [0.717, 1.165) is 5.56 Å². The van der Waals surface area contributed by atoms with Crippen molar-refractivity contribution in [1.82, 2.24) is 0 Å². The van der Waals surface area contributed by atoms with Gasteiger partial charge in [0.2, 0.25) is 0 Å². The number of nitro groups is 1. The zero-order chi connectivity index (χ0) is 15.4. The summed E-state index contributed by atoms with van der Waals surface area (Å²) in [6.45, 7) is 3.83. The van der Waals surface area contributed by atoms with Crippen molar-refractivity contribution in [2.24, 2.45) is 0 Å². The normalized spacial score (nSPS) is 10.4. The van der Waals surface area contributed by atoms with Crippen LogP contribution in [0.1, 0.15) is 40.9 Å². The van der Waals surface area contributed by atoms with Crippen molar-refractivity contribution >= 4 is 11.5 Å². The van der Waals surface area contributed by atoms with E-state index in [2.05, 4.69) is 0 Å². The highest BCUT2D eigenvalue weighted by Crippen LogP contribution is 2.27. The lowest BCUT2D eigenvalue weighted by Gasteiger charge is -2.10. The first-order chi connectivity index (χ1) is 10.1. The molecule has 0 bridgehead atoms. The Morgan fingerprint density at radius 1 is 1.05 bits per heavy atom. The molecule has 0 fully saturated rings. The molecule has 0 aromatic heterocycles. The average molecular weight is 283 g/mol. The van der Waals surface area contributed by atoms with Crippen molar-refractivity contribution in [2.75, 3.05) is 0 Å². The number of hydrogen-bond donors (Lipinski definition) is 0. The van der Waals surface area contributed by atoms with Gasteiger partial charge in [0, 0.05) is 22.8 Å². The Balaban J connectivity index is 2.57. The Bertz CT molecular complexity index is 678. The van der Waals surface area contributed by atoms with Crippen LogP contribution >= 0.6 is 0 Å². The smallest absolute Gasteiger partial charge is 0.273 e. The average Bonchev–Trinajstić information content (AvgIpc) is 2.53. The SMILES string of the molecule is CCc1cc(C(=O)c2ccccc2)cc([N+](=O)[O-])c1CC. The molecular weight excluding hydrogens is 266 g/mol. The maximum Gasteiger partial charge on any atom is 0.273 e. The molecule has 0 saturated heterocycles. The van der Waals surface area contributed by atoms with Crippen LogP contribution < -0.4 is 0 Å². The summed E-state index contributed by atoms with van der Waals surface area (Å²) in [5, 5.41) is 11.3. The first-order valence-electron chi connectivity index (χ1n) is 6.98. The second kappa shape index (κ2) is 6.31. The van der Waals surface area contributed by atoms with E-state index in [4.69, 9.17) is 0 Å². The molecule has 0 radical (unpaired) electrons. The summed E-state index contributed by atoms with van der Waals surface area (Å²) in [6.07, 6.45) is 1.25. The third-order valence-electron chi connectivity index (χ3n) is 3.55. The zero-order valence-corrected chi connectivity index (χ0v) is 12.1. The molecule has 0 N–H and O–H groups in total. The molecule has 2 rings (SSSR count). The Morgan fingerprint density at radius 3 is 2.24 bits per heavy atom. The molecule has 21 heavy (non-hydrogen) atoms. The predicted octanol–water partition coefficient (Wildman–Crippen LogP) is 3.95. The minimum atomic E-state index is -0.403. The van der Waals surface area contributed by atoms with Crippen molar-refractivity contribution in [3.8, 4) is 0 Å². The van der Waals surface area contributed by atoms with Gasteiger partial charge in [0.15, 0.2) is 5.78 Å². The maximum absolute atomic E-state index is 12.5. The number of nitrogens with zero attached hydrogens (tertiary/aromatic N) is 1. The van der Waals surface area contributed by atoms with Crippen molar-refractivity contribution in [2.45, 2.75) is 26.7 Å². The van der Waals surface area contributed by atoms with Crippen LogP contribution in [0.4, 0.5) is 5.69 Å². The maximum atomic E-state index is 12.5. The van der Waals surface area contributed by atoms with E-state index in [-0.39, 0.29) is 11.5 Å². The Kier molecular flexibility index (Phi) is 4.48. The summed E-state index contributed by atoms with van der Waals surface area (Å²) in [5.41, 5.74) is 2.54. The summed E-state index contributed by atoms with van der Waals surface area (Å²) in [5.74, 6) is -0.184. The van der Waals surface area contributed by atoms with Crippen LogP contribution in [0.5, 0.6) is 0 Å². The Hall–Kier alpha value is -2.49. The first kappa shape index (κ1) is 14.9. The van der Waals surface area contributed by atoms with E-state index < -0.39 is 4.92 Å². The predicted molar refractivity (Wildman–Crippen MR) is 81.7 cm³/mol. The molecule has 0 heterocycles. The summed E-state index contributed by atoms with van der Waals surface area (Å²) < 4.78 is 0. The molecule has 0 aliphatic rings. The Labute approximate surface area is 123 Å². The van der Waals surface area contributed by atoms with Gasteiger partial charge in [-0.05, 0) is 24.5 Å². The monoisotopic (exact) mass is 283 g/mol. The van der Waals surface area contributed by atoms with Crippen LogP contribution in [0.15, 0.2) is 42.5 Å². The molecule has 0 aliphatic heterocycles. The van der Waals surface area contributed by atoms with E-state index in [9.17, 15) is 14.9 Å². The van der Waals surface area contributed by atoms with Crippen molar-refractivity contribution in [3.05, 3.63) is 74.8 Å². The largest absolute Gasteiger partial charge is 0.289 e. The van der Waals surface area contributed by atoms with Crippen molar-refractivity contribution in [1.29, 1.82) is 0 Å². The van der Waals surface area contributed by atoms with Gasteiger partial charge in [0.05, 0.1) is 4.92 Å². The fraction of sp³-hybridized carbons (Fsp3) is 0.235. The standard InChI is InChI=1S/C17H17NO3/c1-3-12-10-14(11-16(18(20)21)15(12)4-2)17(19)13-8-6-5-7-9-13/h5-11H,3-4H2,1-2H3. The number of hydrogen-bond acceptors (Lipinski definition) is 3. The van der Waals surface area contributed by atoms with E-state index in [1.807, 2.05) is 19.9 Å². The summed E-state index contributed by atoms with van der Waals surface area (Å²) in [7, 11) is 0. The zero-order valence-electron chi connectivity index (χ0n) is 12.1. The third kappa shape index (κ3) is 2.99. The number of nitro benzene ring substituents is 1. The number of aryl methyl sites for hydroxylation is 1. The van der Waals surface area contributed by atoms with Gasteiger partial charge in [-0.1, -0.05) is 44.2 Å². The minimum absolute atomic E-state index is 0.0381. The molecule has 4 heteroatoms. The van der Waals surface area contributed by atoms with Crippen LogP contribution in [0, 0.1) is 10.1 Å².